The third kappa shape index (κ3) is 3.60. The van der Waals surface area contributed by atoms with Gasteiger partial charge in [-0.25, -0.2) is 4.39 Å². The minimum absolute atomic E-state index is 0.287. The van der Waals surface area contributed by atoms with Gasteiger partial charge in [0.05, 0.1) is 6.20 Å². The smallest absolute Gasteiger partial charge is 0.293 e. The van der Waals surface area contributed by atoms with Crippen LogP contribution in [0.4, 0.5) is 10.1 Å². The molecule has 2 aliphatic heterocycles. The molecule has 0 spiro atoms. The Hall–Kier alpha value is -3.07. The van der Waals surface area contributed by atoms with E-state index < -0.39 is 5.82 Å². The van der Waals surface area contributed by atoms with Crippen LogP contribution >= 0.6 is 0 Å². The lowest BCUT2D eigenvalue weighted by Crippen LogP contribution is -2.31. The Labute approximate surface area is 173 Å². The third-order valence-corrected chi connectivity index (χ3v) is 6.04. The molecule has 1 amide bonds. The van der Waals surface area contributed by atoms with E-state index in [9.17, 15) is 9.18 Å². The standard InChI is InChI=1S/C21H24FN7O/c1-2-28-10-14(8-23-28)9-27-11-15-6-19-25-26-20(29(19)13-16(15)12-27)21(30)24-18-5-3-4-17(22)7-18/h3-5,7-8,10,15-16H,2,6,9,11-13H2,1H3,(H,24,30). The summed E-state index contributed by atoms with van der Waals surface area (Å²) in [6.45, 7) is 6.56. The number of likely N-dealkylation sites (tertiary alicyclic amines) is 1. The maximum atomic E-state index is 13.4. The van der Waals surface area contributed by atoms with Gasteiger partial charge < -0.3 is 9.88 Å². The first-order chi connectivity index (χ1) is 14.6. The summed E-state index contributed by atoms with van der Waals surface area (Å²) < 4.78 is 17.3. The van der Waals surface area contributed by atoms with Crippen LogP contribution in [-0.2, 0) is 26.1 Å². The minimum Gasteiger partial charge on any atom is -0.319 e. The van der Waals surface area contributed by atoms with Gasteiger partial charge in [-0.2, -0.15) is 5.10 Å². The predicted molar refractivity (Wildman–Crippen MR) is 108 cm³/mol. The molecule has 30 heavy (non-hydrogen) atoms. The van der Waals surface area contributed by atoms with Crippen LogP contribution in [0.5, 0.6) is 0 Å². The van der Waals surface area contributed by atoms with E-state index in [0.717, 1.165) is 45.0 Å². The Bertz CT molecular complexity index is 1080. The Morgan fingerprint density at radius 2 is 2.10 bits per heavy atom. The Morgan fingerprint density at radius 1 is 1.23 bits per heavy atom. The van der Waals surface area contributed by atoms with Gasteiger partial charge >= 0.3 is 0 Å². The molecule has 4 heterocycles. The Morgan fingerprint density at radius 3 is 2.90 bits per heavy atom. The van der Waals surface area contributed by atoms with Crippen LogP contribution in [0, 0.1) is 17.7 Å². The van der Waals surface area contributed by atoms with Gasteiger partial charge in [0.15, 0.2) is 0 Å². The van der Waals surface area contributed by atoms with Crippen LogP contribution in [0.2, 0.25) is 0 Å². The maximum absolute atomic E-state index is 13.4. The molecule has 8 nitrogen and oxygen atoms in total. The topological polar surface area (TPSA) is 80.9 Å². The first kappa shape index (κ1) is 18.9. The molecule has 2 unspecified atom stereocenters. The van der Waals surface area contributed by atoms with Crippen LogP contribution in [0.1, 0.15) is 28.9 Å². The zero-order valence-electron chi connectivity index (χ0n) is 16.8. The van der Waals surface area contributed by atoms with Crippen molar-refractivity contribution in [3.8, 4) is 0 Å². The second-order valence-electron chi connectivity index (χ2n) is 8.14. The fourth-order valence-corrected chi connectivity index (χ4v) is 4.59. The molecule has 2 atom stereocenters. The molecule has 2 aliphatic rings. The van der Waals surface area contributed by atoms with Crippen LogP contribution < -0.4 is 5.32 Å². The van der Waals surface area contributed by atoms with Gasteiger partial charge in [-0.1, -0.05) is 6.07 Å². The summed E-state index contributed by atoms with van der Waals surface area (Å²) in [4.78, 5) is 15.2. The number of anilines is 1. The highest BCUT2D eigenvalue weighted by Crippen LogP contribution is 2.33. The number of aryl methyl sites for hydroxylation is 1. The largest absolute Gasteiger partial charge is 0.319 e. The number of hydrogen-bond donors (Lipinski definition) is 1. The average Bonchev–Trinajstić information content (AvgIpc) is 3.43. The quantitative estimate of drug-likeness (QED) is 0.699. The minimum atomic E-state index is -0.394. The van der Waals surface area contributed by atoms with E-state index in [4.69, 9.17) is 0 Å². The number of benzene rings is 1. The third-order valence-electron chi connectivity index (χ3n) is 6.04. The van der Waals surface area contributed by atoms with E-state index in [0.29, 0.717) is 17.5 Å². The second-order valence-corrected chi connectivity index (χ2v) is 8.14. The highest BCUT2D eigenvalue weighted by molar-refractivity contribution is 6.01. The van der Waals surface area contributed by atoms with Crippen molar-refractivity contribution in [2.24, 2.45) is 11.8 Å². The molecule has 5 rings (SSSR count). The van der Waals surface area contributed by atoms with Crippen molar-refractivity contribution >= 4 is 11.6 Å². The first-order valence-electron chi connectivity index (χ1n) is 10.3. The number of nitrogens with zero attached hydrogens (tertiary/aromatic N) is 6. The van der Waals surface area contributed by atoms with Gasteiger partial charge in [0.25, 0.3) is 5.91 Å². The molecule has 1 N–H and O–H groups in total. The lowest BCUT2D eigenvalue weighted by Gasteiger charge is -2.25. The summed E-state index contributed by atoms with van der Waals surface area (Å²) in [5, 5.41) is 15.5. The normalized spacial score (nSPS) is 20.7. The molecular formula is C21H24FN7O. The van der Waals surface area contributed by atoms with Gasteiger partial charge in [-0.15, -0.1) is 10.2 Å². The summed E-state index contributed by atoms with van der Waals surface area (Å²) >= 11 is 0. The molecule has 0 saturated carbocycles. The average molecular weight is 409 g/mol. The number of nitrogens with one attached hydrogen (secondary N) is 1. The molecule has 1 saturated heterocycles. The van der Waals surface area contributed by atoms with Crippen molar-refractivity contribution in [1.82, 2.24) is 29.4 Å². The number of aromatic nitrogens is 5. The number of hydrogen-bond acceptors (Lipinski definition) is 5. The number of halogens is 1. The number of fused-ring (bicyclic) bond motifs is 2. The van der Waals surface area contributed by atoms with E-state index >= 15 is 0 Å². The molecule has 3 aromatic rings. The summed E-state index contributed by atoms with van der Waals surface area (Å²) in [6, 6.07) is 5.84. The molecule has 1 fully saturated rings. The maximum Gasteiger partial charge on any atom is 0.293 e. The lowest BCUT2D eigenvalue weighted by molar-refractivity contribution is 0.100. The number of amides is 1. The van der Waals surface area contributed by atoms with E-state index in [2.05, 4.69) is 38.6 Å². The number of rotatable bonds is 5. The summed E-state index contributed by atoms with van der Waals surface area (Å²) in [5.74, 6) is 1.35. The Balaban J connectivity index is 1.27. The van der Waals surface area contributed by atoms with Crippen molar-refractivity contribution < 1.29 is 9.18 Å². The van der Waals surface area contributed by atoms with Gasteiger partial charge in [-0.3, -0.25) is 14.4 Å². The van der Waals surface area contributed by atoms with E-state index in [-0.39, 0.29) is 11.7 Å². The number of carbonyl (C=O) groups excluding carboxylic acids is 1. The lowest BCUT2D eigenvalue weighted by atomic mass is 9.89. The highest BCUT2D eigenvalue weighted by Gasteiger charge is 2.39. The SMILES string of the molecule is CCn1cc(CN2CC3Cc4nnc(C(=O)Nc5cccc(F)c5)n4CC3C2)cn1. The summed E-state index contributed by atoms with van der Waals surface area (Å²) in [5.41, 5.74) is 1.63. The van der Waals surface area contributed by atoms with Crippen molar-refractivity contribution in [3.05, 3.63) is 59.7 Å². The molecule has 0 bridgehead atoms. The fourth-order valence-electron chi connectivity index (χ4n) is 4.59. The van der Waals surface area contributed by atoms with Crippen molar-refractivity contribution in [2.75, 3.05) is 18.4 Å². The van der Waals surface area contributed by atoms with Crippen molar-refractivity contribution in [3.63, 3.8) is 0 Å². The van der Waals surface area contributed by atoms with Gasteiger partial charge in [0.1, 0.15) is 11.6 Å². The molecule has 9 heteroatoms. The molecule has 0 radical (unpaired) electrons. The highest BCUT2D eigenvalue weighted by atomic mass is 19.1. The van der Waals surface area contributed by atoms with E-state index in [1.54, 1.807) is 12.1 Å². The first-order valence-corrected chi connectivity index (χ1v) is 10.3. The van der Waals surface area contributed by atoms with Crippen molar-refractivity contribution in [1.29, 1.82) is 0 Å². The van der Waals surface area contributed by atoms with Gasteiger partial charge in [0, 0.05) is 56.6 Å². The Kier molecular flexibility index (Phi) is 4.82. The summed E-state index contributed by atoms with van der Waals surface area (Å²) in [7, 11) is 0. The second kappa shape index (κ2) is 7.64. The molecule has 0 aliphatic carbocycles. The molecular weight excluding hydrogens is 385 g/mol. The molecule has 2 aromatic heterocycles. The molecule has 156 valence electrons. The van der Waals surface area contributed by atoms with E-state index in [1.807, 2.05) is 15.4 Å². The van der Waals surface area contributed by atoms with Crippen LogP contribution in [-0.4, -0.2) is 48.4 Å². The predicted octanol–water partition coefficient (Wildman–Crippen LogP) is 2.19. The summed E-state index contributed by atoms with van der Waals surface area (Å²) in [6.07, 6.45) is 4.86. The van der Waals surface area contributed by atoms with Gasteiger partial charge in [0.2, 0.25) is 5.82 Å². The number of carbonyl (C=O) groups is 1. The fraction of sp³-hybridized carbons (Fsp3) is 0.429. The molecule has 1 aromatic carbocycles. The zero-order chi connectivity index (χ0) is 20.7. The van der Waals surface area contributed by atoms with Gasteiger partial charge in [-0.05, 0) is 37.0 Å². The van der Waals surface area contributed by atoms with E-state index in [1.165, 1.54) is 17.7 Å². The van der Waals surface area contributed by atoms with Crippen LogP contribution in [0.25, 0.3) is 0 Å². The van der Waals surface area contributed by atoms with Crippen LogP contribution in [0.15, 0.2) is 36.7 Å². The monoisotopic (exact) mass is 409 g/mol. The zero-order valence-corrected chi connectivity index (χ0v) is 16.8. The van der Waals surface area contributed by atoms with Crippen molar-refractivity contribution in [2.45, 2.75) is 33.0 Å². The van der Waals surface area contributed by atoms with Crippen LogP contribution in [0.3, 0.4) is 0 Å².